The molecule has 1 aliphatic carbocycles. The molecule has 190 valence electrons. The van der Waals surface area contributed by atoms with Gasteiger partial charge in [-0.25, -0.2) is 24.9 Å². The number of fused-ring (bicyclic) bond motifs is 1. The van der Waals surface area contributed by atoms with Crippen LogP contribution in [0.3, 0.4) is 0 Å². The van der Waals surface area contributed by atoms with Crippen LogP contribution >= 0.6 is 0 Å². The third kappa shape index (κ3) is 5.06. The van der Waals surface area contributed by atoms with E-state index in [1.165, 1.54) is 17.3 Å². The number of piperidine rings is 1. The number of nitrogens with zero attached hydrogens (tertiary/aromatic N) is 7. The Labute approximate surface area is 214 Å². The molecule has 2 aliphatic rings. The number of nitrogens with one attached hydrogen (secondary N) is 3. The average molecular weight is 501 g/mol. The number of carbonyl (C=O) groups excluding carboxylic acids is 2. The minimum atomic E-state index is -0.750. The quantitative estimate of drug-likeness (QED) is 0.393. The van der Waals surface area contributed by atoms with E-state index in [4.69, 9.17) is 0 Å². The van der Waals surface area contributed by atoms with E-state index in [-0.39, 0.29) is 24.1 Å². The molecule has 3 N–H and O–H groups in total. The maximum Gasteiger partial charge on any atom is 0.272 e. The SMILES string of the molecule is CC#CCNC(=O)c1c(NC)ncn1[C@@H](C)C(=O)Nc1ccnc(-c2cnc(N3CC4CC4C3)nc2)n1. The van der Waals surface area contributed by atoms with Crippen LogP contribution in [0.2, 0.25) is 0 Å². The van der Waals surface area contributed by atoms with Crippen LogP contribution in [0.5, 0.6) is 0 Å². The first-order valence-electron chi connectivity index (χ1n) is 12.1. The number of carbonyl (C=O) groups is 2. The van der Waals surface area contributed by atoms with Gasteiger partial charge in [0.05, 0.1) is 18.4 Å². The normalized spacial score (nSPS) is 18.3. The Kier molecular flexibility index (Phi) is 6.68. The van der Waals surface area contributed by atoms with Gasteiger partial charge >= 0.3 is 0 Å². The number of aromatic nitrogens is 6. The molecule has 3 aromatic heterocycles. The highest BCUT2D eigenvalue weighted by molar-refractivity contribution is 5.99. The predicted molar refractivity (Wildman–Crippen MR) is 138 cm³/mol. The number of amides is 2. The van der Waals surface area contributed by atoms with Crippen LogP contribution in [0.15, 0.2) is 31.0 Å². The zero-order valence-corrected chi connectivity index (χ0v) is 20.9. The number of anilines is 3. The van der Waals surface area contributed by atoms with Crippen molar-refractivity contribution in [3.63, 3.8) is 0 Å². The van der Waals surface area contributed by atoms with Crippen molar-refractivity contribution in [3.8, 4) is 23.2 Å². The number of hydrogen-bond donors (Lipinski definition) is 3. The Morgan fingerprint density at radius 1 is 1.16 bits per heavy atom. The Hall–Kier alpha value is -4.53. The van der Waals surface area contributed by atoms with Crippen LogP contribution in [0, 0.1) is 23.7 Å². The zero-order chi connectivity index (χ0) is 25.9. The largest absolute Gasteiger partial charge is 0.371 e. The second-order valence-electron chi connectivity index (χ2n) is 9.07. The summed E-state index contributed by atoms with van der Waals surface area (Å²) in [6.07, 6.45) is 7.74. The van der Waals surface area contributed by atoms with Crippen LogP contribution < -0.4 is 20.9 Å². The van der Waals surface area contributed by atoms with Crippen molar-refractivity contribution in [2.24, 2.45) is 11.8 Å². The fourth-order valence-electron chi connectivity index (χ4n) is 4.44. The fourth-order valence-corrected chi connectivity index (χ4v) is 4.44. The van der Waals surface area contributed by atoms with Gasteiger partial charge in [0.25, 0.3) is 5.91 Å². The summed E-state index contributed by atoms with van der Waals surface area (Å²) in [5, 5.41) is 8.40. The molecule has 1 saturated carbocycles. The van der Waals surface area contributed by atoms with Crippen molar-refractivity contribution in [1.29, 1.82) is 0 Å². The van der Waals surface area contributed by atoms with Crippen molar-refractivity contribution in [2.45, 2.75) is 26.3 Å². The second-order valence-corrected chi connectivity index (χ2v) is 9.07. The van der Waals surface area contributed by atoms with Gasteiger partial charge in [-0.1, -0.05) is 5.92 Å². The molecule has 0 radical (unpaired) electrons. The summed E-state index contributed by atoms with van der Waals surface area (Å²) in [5.41, 5.74) is 0.888. The lowest BCUT2D eigenvalue weighted by Gasteiger charge is -2.17. The lowest BCUT2D eigenvalue weighted by atomic mass is 10.2. The number of hydrogen-bond acceptors (Lipinski definition) is 9. The van der Waals surface area contributed by atoms with Crippen LogP contribution in [0.25, 0.3) is 11.4 Å². The van der Waals surface area contributed by atoms with E-state index >= 15 is 0 Å². The van der Waals surface area contributed by atoms with Crippen molar-refractivity contribution in [1.82, 2.24) is 34.8 Å². The Morgan fingerprint density at radius 3 is 2.62 bits per heavy atom. The summed E-state index contributed by atoms with van der Waals surface area (Å²) in [4.78, 5) is 50.0. The molecule has 2 amide bonds. The third-order valence-corrected chi connectivity index (χ3v) is 6.62. The van der Waals surface area contributed by atoms with Gasteiger partial charge in [-0.2, -0.15) is 0 Å². The van der Waals surface area contributed by atoms with Gasteiger partial charge in [0.1, 0.15) is 11.9 Å². The second kappa shape index (κ2) is 10.2. The summed E-state index contributed by atoms with van der Waals surface area (Å²) < 4.78 is 1.51. The molecule has 4 heterocycles. The first-order valence-corrected chi connectivity index (χ1v) is 12.1. The van der Waals surface area contributed by atoms with E-state index in [1.54, 1.807) is 45.6 Å². The van der Waals surface area contributed by atoms with Gasteiger partial charge in [0.15, 0.2) is 17.3 Å². The highest BCUT2D eigenvalue weighted by Gasteiger charge is 2.45. The molecular formula is C25H28N10O2. The molecule has 1 saturated heterocycles. The molecule has 1 aliphatic heterocycles. The molecule has 3 aromatic rings. The maximum atomic E-state index is 13.1. The highest BCUT2D eigenvalue weighted by Crippen LogP contribution is 2.45. The Morgan fingerprint density at radius 2 is 1.92 bits per heavy atom. The van der Waals surface area contributed by atoms with Crippen LogP contribution in [0.4, 0.5) is 17.6 Å². The average Bonchev–Trinajstić information content (AvgIpc) is 3.31. The van der Waals surface area contributed by atoms with Crippen LogP contribution in [-0.2, 0) is 4.79 Å². The zero-order valence-electron chi connectivity index (χ0n) is 20.9. The third-order valence-electron chi connectivity index (χ3n) is 6.62. The molecule has 37 heavy (non-hydrogen) atoms. The minimum Gasteiger partial charge on any atom is -0.371 e. The number of rotatable bonds is 8. The van der Waals surface area contributed by atoms with E-state index in [9.17, 15) is 9.59 Å². The van der Waals surface area contributed by atoms with Crippen molar-refractivity contribution in [2.75, 3.05) is 42.2 Å². The smallest absolute Gasteiger partial charge is 0.272 e. The summed E-state index contributed by atoms with van der Waals surface area (Å²) in [7, 11) is 1.66. The minimum absolute atomic E-state index is 0.192. The van der Waals surface area contributed by atoms with Gasteiger partial charge in [0.2, 0.25) is 11.9 Å². The van der Waals surface area contributed by atoms with Gasteiger partial charge in [0, 0.05) is 38.7 Å². The summed E-state index contributed by atoms with van der Waals surface area (Å²) >= 11 is 0. The maximum absolute atomic E-state index is 13.1. The first kappa shape index (κ1) is 24.2. The summed E-state index contributed by atoms with van der Waals surface area (Å²) in [6, 6.07) is 0.851. The highest BCUT2D eigenvalue weighted by atomic mass is 16.2. The van der Waals surface area contributed by atoms with Gasteiger partial charge in [-0.3, -0.25) is 9.59 Å². The molecule has 0 bridgehead atoms. The number of imidazole rings is 1. The molecule has 2 unspecified atom stereocenters. The van der Waals surface area contributed by atoms with Gasteiger partial charge < -0.3 is 25.4 Å². The molecule has 2 fully saturated rings. The topological polar surface area (TPSA) is 143 Å². The molecule has 0 spiro atoms. The van der Waals surface area contributed by atoms with Crippen LogP contribution in [-0.4, -0.2) is 68.0 Å². The Bertz CT molecular complexity index is 1360. The van der Waals surface area contributed by atoms with Crippen LogP contribution in [0.1, 0.15) is 36.8 Å². The molecule has 3 atom stereocenters. The lowest BCUT2D eigenvalue weighted by Crippen LogP contribution is -2.31. The molecule has 0 aromatic carbocycles. The molecule has 12 nitrogen and oxygen atoms in total. The fraction of sp³-hybridized carbons (Fsp3) is 0.400. The van der Waals surface area contributed by atoms with E-state index in [0.29, 0.717) is 23.0 Å². The standard InChI is InChI=1S/C25H28N10O2/c1-4-5-7-28-24(37)20-22(26-3)31-14-35(20)15(2)23(36)33-19-6-8-27-21(32-19)18-10-29-25(30-11-18)34-12-16-9-17(16)13-34/h6,8,10-11,14-17,26H,7,9,12-13H2,1-3H3,(H,28,37)(H,27,32,33,36)/t15-,16?,17?/m0/s1. The van der Waals surface area contributed by atoms with Crippen molar-refractivity contribution >= 4 is 29.4 Å². The van der Waals surface area contributed by atoms with E-state index < -0.39 is 6.04 Å². The summed E-state index contributed by atoms with van der Waals surface area (Å²) in [5.74, 6) is 8.15. The molecule has 5 rings (SSSR count). The monoisotopic (exact) mass is 500 g/mol. The first-order chi connectivity index (χ1) is 18.0. The summed E-state index contributed by atoms with van der Waals surface area (Å²) in [6.45, 7) is 5.60. The van der Waals surface area contributed by atoms with E-state index in [1.807, 2.05) is 0 Å². The van der Waals surface area contributed by atoms with Crippen molar-refractivity contribution in [3.05, 3.63) is 36.7 Å². The van der Waals surface area contributed by atoms with E-state index in [0.717, 1.165) is 30.9 Å². The van der Waals surface area contributed by atoms with Gasteiger partial charge in [-0.15, -0.1) is 5.92 Å². The van der Waals surface area contributed by atoms with Crippen molar-refractivity contribution < 1.29 is 9.59 Å². The van der Waals surface area contributed by atoms with Gasteiger partial charge in [-0.05, 0) is 38.2 Å². The molecular weight excluding hydrogens is 472 g/mol. The molecule has 12 heteroatoms. The van der Waals surface area contributed by atoms with E-state index in [2.05, 4.69) is 57.6 Å². The predicted octanol–water partition coefficient (Wildman–Crippen LogP) is 1.58. The lowest BCUT2D eigenvalue weighted by molar-refractivity contribution is -0.118. The Balaban J connectivity index is 1.28.